The van der Waals surface area contributed by atoms with E-state index < -0.39 is 0 Å². The molecule has 1 fully saturated rings. The van der Waals surface area contributed by atoms with Gasteiger partial charge in [-0.15, -0.1) is 5.10 Å². The maximum absolute atomic E-state index is 12.6. The summed E-state index contributed by atoms with van der Waals surface area (Å²) < 4.78 is 2.88. The van der Waals surface area contributed by atoms with Crippen LogP contribution >= 0.6 is 27.7 Å². The molecule has 23 heavy (non-hydrogen) atoms. The number of ketones is 1. The number of hydrogen-bond donors (Lipinski definition) is 0. The van der Waals surface area contributed by atoms with E-state index in [0.29, 0.717) is 11.6 Å². The smallest absolute Gasteiger partial charge is 0.210 e. The van der Waals surface area contributed by atoms with Crippen LogP contribution in [0.1, 0.15) is 55.4 Å². The zero-order chi connectivity index (χ0) is 16.2. The molecule has 1 heterocycles. The van der Waals surface area contributed by atoms with E-state index in [1.54, 1.807) is 0 Å². The van der Waals surface area contributed by atoms with Crippen LogP contribution < -0.4 is 0 Å². The first kappa shape index (κ1) is 16.6. The maximum atomic E-state index is 12.6. The molecule has 1 aromatic heterocycles. The van der Waals surface area contributed by atoms with Crippen molar-refractivity contribution in [2.75, 3.05) is 0 Å². The van der Waals surface area contributed by atoms with Gasteiger partial charge in [-0.2, -0.15) is 0 Å². The molecule has 1 aliphatic carbocycles. The first-order valence-electron chi connectivity index (χ1n) is 7.89. The molecule has 0 saturated heterocycles. The number of carbonyl (C=O) groups excluding carboxylic acids is 1. The van der Waals surface area contributed by atoms with Crippen LogP contribution in [0.15, 0.2) is 33.9 Å². The Morgan fingerprint density at radius 1 is 1.26 bits per heavy atom. The van der Waals surface area contributed by atoms with Crippen molar-refractivity contribution in [3.63, 3.8) is 0 Å². The van der Waals surface area contributed by atoms with Gasteiger partial charge in [0.15, 0.2) is 5.78 Å². The predicted octanol–water partition coefficient (Wildman–Crippen LogP) is 4.30. The molecule has 1 saturated carbocycles. The Bertz CT molecular complexity index is 667. The van der Waals surface area contributed by atoms with Gasteiger partial charge in [0, 0.05) is 10.0 Å². The van der Waals surface area contributed by atoms with Crippen molar-refractivity contribution < 1.29 is 4.79 Å². The maximum Gasteiger partial charge on any atom is 0.210 e. The van der Waals surface area contributed by atoms with Crippen LogP contribution in [0, 0.1) is 0 Å². The van der Waals surface area contributed by atoms with Gasteiger partial charge in [-0.1, -0.05) is 59.1 Å². The SMILES string of the molecule is C[C@H](Sc1nnnn1C1CCCCC1)C(=O)c1ccc(Br)cc1. The van der Waals surface area contributed by atoms with Gasteiger partial charge in [0.25, 0.3) is 0 Å². The predicted molar refractivity (Wildman–Crippen MR) is 93.7 cm³/mol. The third-order valence-corrected chi connectivity index (χ3v) is 5.74. The van der Waals surface area contributed by atoms with E-state index in [2.05, 4.69) is 31.5 Å². The van der Waals surface area contributed by atoms with E-state index in [9.17, 15) is 4.79 Å². The molecule has 0 radical (unpaired) electrons. The second kappa shape index (κ2) is 7.57. The normalized spacial score (nSPS) is 17.1. The van der Waals surface area contributed by atoms with E-state index in [-0.39, 0.29) is 11.0 Å². The number of carbonyl (C=O) groups is 1. The lowest BCUT2D eigenvalue weighted by Crippen LogP contribution is -2.18. The molecule has 5 nitrogen and oxygen atoms in total. The lowest BCUT2D eigenvalue weighted by molar-refractivity contribution is 0.0993. The highest BCUT2D eigenvalue weighted by atomic mass is 79.9. The van der Waals surface area contributed by atoms with Crippen LogP contribution in [0.3, 0.4) is 0 Å². The van der Waals surface area contributed by atoms with Crippen LogP contribution in [-0.4, -0.2) is 31.2 Å². The molecule has 0 aliphatic heterocycles. The van der Waals surface area contributed by atoms with Gasteiger partial charge < -0.3 is 0 Å². The van der Waals surface area contributed by atoms with E-state index in [0.717, 1.165) is 22.5 Å². The van der Waals surface area contributed by atoms with Crippen molar-refractivity contribution in [2.45, 2.75) is 55.5 Å². The molecule has 1 atom stereocenters. The summed E-state index contributed by atoms with van der Waals surface area (Å²) >= 11 is 4.83. The van der Waals surface area contributed by atoms with Gasteiger partial charge in [-0.05, 0) is 42.3 Å². The lowest BCUT2D eigenvalue weighted by atomic mass is 9.96. The second-order valence-corrected chi connectivity index (χ2v) is 8.05. The van der Waals surface area contributed by atoms with Crippen molar-refractivity contribution in [1.82, 2.24) is 20.2 Å². The summed E-state index contributed by atoms with van der Waals surface area (Å²) in [5.74, 6) is 0.0979. The Morgan fingerprint density at radius 3 is 2.65 bits per heavy atom. The second-order valence-electron chi connectivity index (χ2n) is 5.83. The van der Waals surface area contributed by atoms with Crippen molar-refractivity contribution >= 4 is 33.5 Å². The standard InChI is InChI=1S/C16H19BrN4OS/c1-11(15(22)12-7-9-13(17)10-8-12)23-16-18-19-20-21(16)14-5-3-2-4-6-14/h7-11,14H,2-6H2,1H3/t11-/m0/s1. The molecule has 0 unspecified atom stereocenters. The van der Waals surface area contributed by atoms with Gasteiger partial charge in [0.2, 0.25) is 5.16 Å². The summed E-state index contributed by atoms with van der Waals surface area (Å²) in [6, 6.07) is 7.82. The van der Waals surface area contributed by atoms with E-state index >= 15 is 0 Å². The average molecular weight is 395 g/mol. The number of halogens is 1. The summed E-state index contributed by atoms with van der Waals surface area (Å²) in [6.07, 6.45) is 5.98. The van der Waals surface area contributed by atoms with Crippen molar-refractivity contribution in [3.05, 3.63) is 34.3 Å². The summed E-state index contributed by atoms with van der Waals surface area (Å²) in [5, 5.41) is 12.6. The first-order chi connectivity index (χ1) is 11.1. The van der Waals surface area contributed by atoms with Gasteiger partial charge in [-0.25, -0.2) is 4.68 Å². The average Bonchev–Trinajstić information content (AvgIpc) is 3.04. The fourth-order valence-electron chi connectivity index (χ4n) is 2.88. The Labute approximate surface area is 148 Å². The summed E-state index contributed by atoms with van der Waals surface area (Å²) in [7, 11) is 0. The molecule has 1 aromatic carbocycles. The molecule has 2 aromatic rings. The number of Topliss-reactive ketones (excluding diaryl/α,β-unsaturated/α-hetero) is 1. The largest absolute Gasteiger partial charge is 0.293 e. The molecular formula is C16H19BrN4OS. The first-order valence-corrected chi connectivity index (χ1v) is 9.56. The topological polar surface area (TPSA) is 60.7 Å². The summed E-state index contributed by atoms with van der Waals surface area (Å²) in [6.45, 7) is 1.91. The number of nitrogens with zero attached hydrogens (tertiary/aromatic N) is 4. The lowest BCUT2D eigenvalue weighted by Gasteiger charge is -2.22. The highest BCUT2D eigenvalue weighted by Crippen LogP contribution is 2.32. The minimum atomic E-state index is -0.218. The highest BCUT2D eigenvalue weighted by molar-refractivity contribution is 9.10. The molecule has 1 aliphatic rings. The number of aromatic nitrogens is 4. The molecule has 7 heteroatoms. The van der Waals surface area contributed by atoms with Crippen LogP contribution in [0.2, 0.25) is 0 Å². The van der Waals surface area contributed by atoms with Gasteiger partial charge in [0.05, 0.1) is 11.3 Å². The molecular weight excluding hydrogens is 376 g/mol. The van der Waals surface area contributed by atoms with Gasteiger partial charge in [0.1, 0.15) is 0 Å². The Morgan fingerprint density at radius 2 is 1.96 bits per heavy atom. The monoisotopic (exact) mass is 394 g/mol. The van der Waals surface area contributed by atoms with Crippen molar-refractivity contribution in [2.24, 2.45) is 0 Å². The van der Waals surface area contributed by atoms with Crippen LogP contribution in [-0.2, 0) is 0 Å². The van der Waals surface area contributed by atoms with E-state index in [4.69, 9.17) is 0 Å². The number of thioether (sulfide) groups is 1. The van der Waals surface area contributed by atoms with Gasteiger partial charge in [-0.3, -0.25) is 4.79 Å². The van der Waals surface area contributed by atoms with Gasteiger partial charge >= 0.3 is 0 Å². The van der Waals surface area contributed by atoms with E-state index in [1.165, 1.54) is 31.0 Å². The molecule has 122 valence electrons. The Hall–Kier alpha value is -1.21. The third-order valence-electron chi connectivity index (χ3n) is 4.16. The number of hydrogen-bond acceptors (Lipinski definition) is 5. The zero-order valence-electron chi connectivity index (χ0n) is 13.0. The highest BCUT2D eigenvalue weighted by Gasteiger charge is 2.24. The molecule has 3 rings (SSSR count). The fourth-order valence-corrected chi connectivity index (χ4v) is 4.08. The molecule has 0 amide bonds. The van der Waals surface area contributed by atoms with E-state index in [1.807, 2.05) is 35.9 Å². The molecule has 0 spiro atoms. The third kappa shape index (κ3) is 4.01. The quantitative estimate of drug-likeness (QED) is 0.558. The Kier molecular flexibility index (Phi) is 5.48. The van der Waals surface area contributed by atoms with Crippen molar-refractivity contribution in [3.8, 4) is 0 Å². The van der Waals surface area contributed by atoms with Crippen molar-refractivity contribution in [1.29, 1.82) is 0 Å². The van der Waals surface area contributed by atoms with Crippen LogP contribution in [0.25, 0.3) is 0 Å². The minimum Gasteiger partial charge on any atom is -0.293 e. The molecule has 0 bridgehead atoms. The summed E-state index contributed by atoms with van der Waals surface area (Å²) in [5.41, 5.74) is 0.713. The van der Waals surface area contributed by atoms with Crippen LogP contribution in [0.4, 0.5) is 0 Å². The zero-order valence-corrected chi connectivity index (χ0v) is 15.4. The molecule has 0 N–H and O–H groups in total. The number of benzene rings is 1. The Balaban J connectivity index is 1.70. The fraction of sp³-hybridized carbons (Fsp3) is 0.500. The number of rotatable bonds is 5. The number of tetrazole rings is 1. The summed E-state index contributed by atoms with van der Waals surface area (Å²) in [4.78, 5) is 12.6. The van der Waals surface area contributed by atoms with Crippen LogP contribution in [0.5, 0.6) is 0 Å². The minimum absolute atomic E-state index is 0.0979.